The topological polar surface area (TPSA) is 110 Å². The van der Waals surface area contributed by atoms with Crippen molar-refractivity contribution in [2.45, 2.75) is 92.3 Å². The summed E-state index contributed by atoms with van der Waals surface area (Å²) in [5, 5.41) is 0. The molecule has 2 heterocycles. The normalized spacial score (nSPS) is 11.1. The van der Waals surface area contributed by atoms with Crippen molar-refractivity contribution in [1.82, 2.24) is 19.9 Å². The molecular formula is C22H34N4O4. The third-order valence-electron chi connectivity index (χ3n) is 4.95. The van der Waals surface area contributed by atoms with Crippen LogP contribution in [0.3, 0.4) is 0 Å². The van der Waals surface area contributed by atoms with Crippen molar-refractivity contribution in [3.05, 3.63) is 34.4 Å². The van der Waals surface area contributed by atoms with Gasteiger partial charge in [-0.15, -0.1) is 0 Å². The number of unbranched alkanes of at least 4 members (excludes halogenated alkanes) is 2. The van der Waals surface area contributed by atoms with E-state index >= 15 is 0 Å². The molecule has 0 aromatic carbocycles. The lowest BCUT2D eigenvalue weighted by molar-refractivity contribution is -0.188. The summed E-state index contributed by atoms with van der Waals surface area (Å²) in [4.78, 5) is 40.0. The predicted molar refractivity (Wildman–Crippen MR) is 113 cm³/mol. The highest BCUT2D eigenvalue weighted by atomic mass is 16.7. The number of ether oxygens (including phenoxy) is 2. The van der Waals surface area contributed by atoms with Crippen molar-refractivity contribution in [3.8, 4) is 0 Å². The fourth-order valence-corrected chi connectivity index (χ4v) is 3.17. The Morgan fingerprint density at radius 1 is 0.833 bits per heavy atom. The zero-order valence-electron chi connectivity index (χ0n) is 18.8. The number of imidazole rings is 2. The largest absolute Gasteiger partial charge is 0.425 e. The second-order valence-corrected chi connectivity index (χ2v) is 7.46. The molecule has 0 amide bonds. The molecule has 0 saturated heterocycles. The van der Waals surface area contributed by atoms with E-state index in [0.29, 0.717) is 6.42 Å². The van der Waals surface area contributed by atoms with Crippen LogP contribution in [0.5, 0.6) is 0 Å². The Balaban J connectivity index is 1.97. The summed E-state index contributed by atoms with van der Waals surface area (Å²) in [5.41, 5.74) is 3.03. The van der Waals surface area contributed by atoms with E-state index < -0.39 is 18.2 Å². The number of hydrogen-bond donors (Lipinski definition) is 2. The van der Waals surface area contributed by atoms with E-state index in [-0.39, 0.29) is 12.8 Å². The van der Waals surface area contributed by atoms with Gasteiger partial charge in [-0.25, -0.2) is 9.97 Å². The minimum absolute atomic E-state index is 0.0696. The molecule has 0 unspecified atom stereocenters. The third kappa shape index (κ3) is 7.00. The molecule has 0 fully saturated rings. The van der Waals surface area contributed by atoms with Gasteiger partial charge in [-0.2, -0.15) is 0 Å². The van der Waals surface area contributed by atoms with Crippen LogP contribution in [0.4, 0.5) is 0 Å². The van der Waals surface area contributed by atoms with Crippen LogP contribution in [0.15, 0.2) is 0 Å². The van der Waals surface area contributed by atoms with Gasteiger partial charge in [0.2, 0.25) is 6.29 Å². The zero-order valence-corrected chi connectivity index (χ0v) is 18.8. The number of aromatic nitrogens is 4. The molecule has 2 rings (SSSR count). The average molecular weight is 419 g/mol. The standard InChI is InChI=1S/C22H34N4O4/c1-6-9-10-11-22(29-20(27)12-16-14(4)23-18(7-2)25-16)30-21(28)13-17-15(5)24-19(8-3)26-17/h22H,6-13H2,1-5H3,(H,23,25)(H,24,26). The smallest absolute Gasteiger partial charge is 0.314 e. The van der Waals surface area contributed by atoms with Crippen LogP contribution in [0.2, 0.25) is 0 Å². The van der Waals surface area contributed by atoms with E-state index in [0.717, 1.165) is 66.5 Å². The molecule has 8 nitrogen and oxygen atoms in total. The summed E-state index contributed by atoms with van der Waals surface area (Å²) in [6, 6.07) is 0. The summed E-state index contributed by atoms with van der Waals surface area (Å²) in [7, 11) is 0. The van der Waals surface area contributed by atoms with Crippen molar-refractivity contribution in [3.63, 3.8) is 0 Å². The van der Waals surface area contributed by atoms with Gasteiger partial charge in [-0.1, -0.05) is 33.6 Å². The van der Waals surface area contributed by atoms with Gasteiger partial charge in [0.15, 0.2) is 0 Å². The number of aryl methyl sites for hydroxylation is 4. The molecule has 0 radical (unpaired) electrons. The zero-order chi connectivity index (χ0) is 22.1. The number of nitrogens with one attached hydrogen (secondary N) is 2. The fraction of sp³-hybridized carbons (Fsp3) is 0.636. The Labute approximate surface area is 178 Å². The summed E-state index contributed by atoms with van der Waals surface area (Å²) >= 11 is 0. The molecule has 0 aliphatic rings. The second kappa shape index (κ2) is 11.5. The maximum Gasteiger partial charge on any atom is 0.314 e. The maximum atomic E-state index is 12.5. The van der Waals surface area contributed by atoms with Crippen LogP contribution in [0.1, 0.15) is 80.9 Å². The lowest BCUT2D eigenvalue weighted by Crippen LogP contribution is -2.26. The molecule has 0 saturated carbocycles. The van der Waals surface area contributed by atoms with Crippen LogP contribution >= 0.6 is 0 Å². The number of hydrogen-bond acceptors (Lipinski definition) is 6. The molecular weight excluding hydrogens is 384 g/mol. The molecule has 0 spiro atoms. The number of carbonyl (C=O) groups excluding carboxylic acids is 2. The highest BCUT2D eigenvalue weighted by molar-refractivity contribution is 5.74. The van der Waals surface area contributed by atoms with Crippen LogP contribution in [0, 0.1) is 13.8 Å². The van der Waals surface area contributed by atoms with E-state index in [1.807, 2.05) is 27.7 Å². The van der Waals surface area contributed by atoms with Gasteiger partial charge >= 0.3 is 11.9 Å². The van der Waals surface area contributed by atoms with E-state index in [1.54, 1.807) is 0 Å². The third-order valence-corrected chi connectivity index (χ3v) is 4.95. The van der Waals surface area contributed by atoms with Gasteiger partial charge in [-0.05, 0) is 20.3 Å². The first-order valence-electron chi connectivity index (χ1n) is 10.8. The van der Waals surface area contributed by atoms with E-state index in [1.165, 1.54) is 0 Å². The molecule has 0 bridgehead atoms. The number of aromatic amines is 2. The minimum Gasteiger partial charge on any atom is -0.425 e. The van der Waals surface area contributed by atoms with Gasteiger partial charge in [0.1, 0.15) is 11.6 Å². The van der Waals surface area contributed by atoms with Crippen molar-refractivity contribution in [2.75, 3.05) is 0 Å². The van der Waals surface area contributed by atoms with Crippen LogP contribution < -0.4 is 0 Å². The Hall–Kier alpha value is -2.64. The summed E-state index contributed by atoms with van der Waals surface area (Å²) in [5.74, 6) is 0.791. The maximum absolute atomic E-state index is 12.5. The first-order valence-corrected chi connectivity index (χ1v) is 10.8. The molecule has 0 atom stereocenters. The Morgan fingerprint density at radius 3 is 1.67 bits per heavy atom. The summed E-state index contributed by atoms with van der Waals surface area (Å²) in [6.07, 6.45) is 4.07. The number of nitrogens with zero attached hydrogens (tertiary/aromatic N) is 2. The molecule has 166 valence electrons. The van der Waals surface area contributed by atoms with Gasteiger partial charge < -0.3 is 19.4 Å². The van der Waals surface area contributed by atoms with Gasteiger partial charge in [-0.3, -0.25) is 9.59 Å². The van der Waals surface area contributed by atoms with Gasteiger partial charge in [0.05, 0.1) is 24.2 Å². The van der Waals surface area contributed by atoms with Gasteiger partial charge in [0.25, 0.3) is 0 Å². The molecule has 0 aliphatic carbocycles. The first-order chi connectivity index (χ1) is 14.4. The quantitative estimate of drug-likeness (QED) is 0.309. The summed E-state index contributed by atoms with van der Waals surface area (Å²) < 4.78 is 11.0. The molecule has 2 N–H and O–H groups in total. The van der Waals surface area contributed by atoms with Crippen molar-refractivity contribution >= 4 is 11.9 Å². The van der Waals surface area contributed by atoms with Crippen LogP contribution in [0.25, 0.3) is 0 Å². The van der Waals surface area contributed by atoms with E-state index in [9.17, 15) is 9.59 Å². The van der Waals surface area contributed by atoms with E-state index in [2.05, 4.69) is 26.9 Å². The Kier molecular flexibility index (Phi) is 9.08. The van der Waals surface area contributed by atoms with Crippen molar-refractivity contribution < 1.29 is 19.1 Å². The van der Waals surface area contributed by atoms with Crippen LogP contribution in [-0.4, -0.2) is 38.2 Å². The molecule has 0 aliphatic heterocycles. The molecule has 2 aromatic rings. The monoisotopic (exact) mass is 418 g/mol. The number of H-pyrrole nitrogens is 2. The average Bonchev–Trinajstić information content (AvgIpc) is 3.23. The highest BCUT2D eigenvalue weighted by Gasteiger charge is 2.21. The SMILES string of the molecule is CCCCCC(OC(=O)Cc1[nH]c(CC)nc1C)OC(=O)Cc1[nH]c(CC)nc1C. The number of carbonyl (C=O) groups is 2. The molecule has 8 heteroatoms. The van der Waals surface area contributed by atoms with Crippen molar-refractivity contribution in [1.29, 1.82) is 0 Å². The molecule has 30 heavy (non-hydrogen) atoms. The Morgan fingerprint density at radius 2 is 1.30 bits per heavy atom. The first kappa shape index (κ1) is 23.6. The number of rotatable bonds is 12. The van der Waals surface area contributed by atoms with Crippen molar-refractivity contribution in [2.24, 2.45) is 0 Å². The Bertz CT molecular complexity index is 776. The number of esters is 2. The van der Waals surface area contributed by atoms with E-state index in [4.69, 9.17) is 9.47 Å². The minimum atomic E-state index is -0.890. The molecule has 2 aromatic heterocycles. The highest BCUT2D eigenvalue weighted by Crippen LogP contribution is 2.14. The van der Waals surface area contributed by atoms with Gasteiger partial charge in [0, 0.05) is 30.7 Å². The van der Waals surface area contributed by atoms with Crippen LogP contribution in [-0.2, 0) is 44.7 Å². The predicted octanol–water partition coefficient (Wildman–Crippen LogP) is 3.65. The lowest BCUT2D eigenvalue weighted by Gasteiger charge is -2.18. The lowest BCUT2D eigenvalue weighted by atomic mass is 10.2. The fourth-order valence-electron chi connectivity index (χ4n) is 3.17. The summed E-state index contributed by atoms with van der Waals surface area (Å²) in [6.45, 7) is 9.79. The second-order valence-electron chi connectivity index (χ2n) is 7.46.